The predicted octanol–water partition coefficient (Wildman–Crippen LogP) is 1.26. The van der Waals surface area contributed by atoms with Crippen LogP contribution in [0, 0.1) is 4.91 Å². The van der Waals surface area contributed by atoms with Gasteiger partial charge in [0.1, 0.15) is 0 Å². The molecule has 58 valence electrons. The van der Waals surface area contributed by atoms with E-state index >= 15 is 0 Å². The molecule has 0 aromatic heterocycles. The highest BCUT2D eigenvalue weighted by molar-refractivity contribution is 7.64. The van der Waals surface area contributed by atoms with Gasteiger partial charge in [-0.3, -0.25) is 4.57 Å². The summed E-state index contributed by atoms with van der Waals surface area (Å²) in [5.41, 5.74) is 0. The molecule has 0 amide bonds. The smallest absolute Gasteiger partial charge is 0.323 e. The molecule has 0 aliphatic heterocycles. The van der Waals surface area contributed by atoms with Gasteiger partial charge in [-0.1, -0.05) is 18.2 Å². The lowest BCUT2D eigenvalue weighted by molar-refractivity contribution is 0.491. The highest BCUT2D eigenvalue weighted by Crippen LogP contribution is 2.39. The fraction of sp³-hybridized carbons (Fsp3) is 0. The summed E-state index contributed by atoms with van der Waals surface area (Å²) >= 11 is 0. The summed E-state index contributed by atoms with van der Waals surface area (Å²) in [6.45, 7) is 0. The van der Waals surface area contributed by atoms with Crippen LogP contribution >= 0.6 is 7.52 Å². The molecule has 0 bridgehead atoms. The Labute approximate surface area is 63.4 Å². The molecule has 11 heavy (non-hydrogen) atoms. The van der Waals surface area contributed by atoms with Crippen molar-refractivity contribution in [2.75, 3.05) is 0 Å². The number of hydrogen-bond donors (Lipinski definition) is 1. The largest absolute Gasteiger partial charge is 0.379 e. The third-order valence-corrected chi connectivity index (χ3v) is 2.40. The lowest BCUT2D eigenvalue weighted by Crippen LogP contribution is -1.99. The molecule has 1 rings (SSSR count). The highest BCUT2D eigenvalue weighted by Gasteiger charge is 2.20. The van der Waals surface area contributed by atoms with Gasteiger partial charge in [0.15, 0.2) is 0 Å². The van der Waals surface area contributed by atoms with Crippen LogP contribution in [-0.4, -0.2) is 4.89 Å². The van der Waals surface area contributed by atoms with Crippen molar-refractivity contribution < 1.29 is 9.46 Å². The van der Waals surface area contributed by atoms with E-state index < -0.39 is 7.52 Å². The maximum atomic E-state index is 10.9. The molecule has 1 unspecified atom stereocenters. The molecule has 5 heteroatoms. The summed E-state index contributed by atoms with van der Waals surface area (Å²) in [6.07, 6.45) is 0. The molecular formula is C6H6NO3P. The summed E-state index contributed by atoms with van der Waals surface area (Å²) < 4.78 is 10.9. The first-order valence-corrected chi connectivity index (χ1v) is 4.51. The van der Waals surface area contributed by atoms with Crippen LogP contribution in [0.1, 0.15) is 0 Å². The molecule has 0 radical (unpaired) electrons. The van der Waals surface area contributed by atoms with Crippen molar-refractivity contribution in [3.63, 3.8) is 0 Å². The Kier molecular flexibility index (Phi) is 2.17. The van der Waals surface area contributed by atoms with Gasteiger partial charge in [-0.25, -0.2) is 0 Å². The van der Waals surface area contributed by atoms with E-state index in [0.717, 1.165) is 0 Å². The van der Waals surface area contributed by atoms with Crippen molar-refractivity contribution >= 4 is 12.8 Å². The third kappa shape index (κ3) is 1.73. The second-order valence-electron chi connectivity index (χ2n) is 1.96. The van der Waals surface area contributed by atoms with Gasteiger partial charge in [-0.15, -0.1) is 4.91 Å². The lowest BCUT2D eigenvalue weighted by Gasteiger charge is -1.99. The topological polar surface area (TPSA) is 66.7 Å². The van der Waals surface area contributed by atoms with Crippen LogP contribution < -0.4 is 5.30 Å². The van der Waals surface area contributed by atoms with Crippen LogP contribution in [0.3, 0.4) is 0 Å². The summed E-state index contributed by atoms with van der Waals surface area (Å²) in [4.78, 5) is 20.9. The van der Waals surface area contributed by atoms with Crippen molar-refractivity contribution in [2.24, 2.45) is 4.95 Å². The zero-order valence-electron chi connectivity index (χ0n) is 5.54. The Morgan fingerprint density at radius 3 is 2.27 bits per heavy atom. The number of rotatable bonds is 2. The monoisotopic (exact) mass is 171 g/mol. The number of nitrogens with zero attached hydrogens (tertiary/aromatic N) is 1. The normalized spacial score (nSPS) is 15.4. The Hall–Kier alpha value is -0.990. The summed E-state index contributed by atoms with van der Waals surface area (Å²) in [5.74, 6) is 0. The Balaban J connectivity index is 3.13. The first kappa shape index (κ1) is 8.11. The molecule has 1 aromatic carbocycles. The average molecular weight is 171 g/mol. The minimum absolute atomic E-state index is 0.0648. The van der Waals surface area contributed by atoms with E-state index in [2.05, 4.69) is 4.95 Å². The Morgan fingerprint density at radius 2 is 1.82 bits per heavy atom. The molecule has 1 atom stereocenters. The average Bonchev–Trinajstić information content (AvgIpc) is 2.06. The molecular weight excluding hydrogens is 165 g/mol. The second kappa shape index (κ2) is 2.95. The van der Waals surface area contributed by atoms with E-state index in [0.29, 0.717) is 0 Å². The van der Waals surface area contributed by atoms with Gasteiger partial charge in [0.2, 0.25) is 0 Å². The molecule has 1 N–H and O–H groups in total. The van der Waals surface area contributed by atoms with Crippen LogP contribution in [0.15, 0.2) is 35.3 Å². The first-order chi connectivity index (χ1) is 5.17. The molecule has 0 aliphatic rings. The number of hydrogen-bond acceptors (Lipinski definition) is 2. The van der Waals surface area contributed by atoms with Gasteiger partial charge in [0.25, 0.3) is 0 Å². The highest BCUT2D eigenvalue weighted by atomic mass is 31.2. The van der Waals surface area contributed by atoms with Crippen LogP contribution in [0.4, 0.5) is 0 Å². The number of nitroso groups, excluding NO2 is 1. The van der Waals surface area contributed by atoms with Crippen LogP contribution in [0.2, 0.25) is 0 Å². The van der Waals surface area contributed by atoms with Gasteiger partial charge >= 0.3 is 7.52 Å². The van der Waals surface area contributed by atoms with Gasteiger partial charge in [-0.2, -0.15) is 0 Å². The van der Waals surface area contributed by atoms with E-state index in [1.807, 2.05) is 0 Å². The van der Waals surface area contributed by atoms with Crippen molar-refractivity contribution in [3.05, 3.63) is 35.2 Å². The standard InChI is InChI=1S/C6H6NO3P/c8-7-11(9,10)6-4-2-1-3-5-6/h1-5H,(H,9,10). The van der Waals surface area contributed by atoms with Crippen molar-refractivity contribution in [1.82, 2.24) is 0 Å². The van der Waals surface area contributed by atoms with Crippen molar-refractivity contribution in [3.8, 4) is 0 Å². The Morgan fingerprint density at radius 1 is 1.27 bits per heavy atom. The maximum Gasteiger partial charge on any atom is 0.379 e. The van der Waals surface area contributed by atoms with Gasteiger partial charge < -0.3 is 4.89 Å². The van der Waals surface area contributed by atoms with Crippen LogP contribution in [0.25, 0.3) is 0 Å². The summed E-state index contributed by atoms with van der Waals surface area (Å²) in [5, 5.41) is 0.0648. The lowest BCUT2D eigenvalue weighted by atomic mass is 10.4. The minimum Gasteiger partial charge on any atom is -0.323 e. The van der Waals surface area contributed by atoms with Gasteiger partial charge in [0.05, 0.1) is 5.30 Å². The van der Waals surface area contributed by atoms with E-state index in [4.69, 9.17) is 4.89 Å². The number of benzene rings is 1. The molecule has 0 saturated heterocycles. The second-order valence-corrected chi connectivity index (χ2v) is 3.73. The molecule has 0 saturated carbocycles. The van der Waals surface area contributed by atoms with Crippen molar-refractivity contribution in [1.29, 1.82) is 0 Å². The first-order valence-electron chi connectivity index (χ1n) is 2.90. The van der Waals surface area contributed by atoms with E-state index in [1.165, 1.54) is 12.1 Å². The molecule has 0 fully saturated rings. The van der Waals surface area contributed by atoms with Gasteiger partial charge in [0, 0.05) is 4.95 Å². The predicted molar refractivity (Wildman–Crippen MR) is 41.7 cm³/mol. The zero-order valence-corrected chi connectivity index (χ0v) is 6.44. The summed E-state index contributed by atoms with van der Waals surface area (Å²) in [7, 11) is -3.96. The molecule has 1 aromatic rings. The summed E-state index contributed by atoms with van der Waals surface area (Å²) in [6, 6.07) is 7.62. The molecule has 0 heterocycles. The van der Waals surface area contributed by atoms with Crippen LogP contribution in [0.5, 0.6) is 0 Å². The van der Waals surface area contributed by atoms with E-state index in [1.54, 1.807) is 18.2 Å². The van der Waals surface area contributed by atoms with Crippen molar-refractivity contribution in [2.45, 2.75) is 0 Å². The zero-order chi connectivity index (χ0) is 8.32. The molecule has 4 nitrogen and oxygen atoms in total. The van der Waals surface area contributed by atoms with E-state index in [-0.39, 0.29) is 5.30 Å². The fourth-order valence-electron chi connectivity index (χ4n) is 0.669. The fourth-order valence-corrected chi connectivity index (χ4v) is 1.32. The minimum atomic E-state index is -3.96. The van der Waals surface area contributed by atoms with Gasteiger partial charge in [-0.05, 0) is 12.1 Å². The van der Waals surface area contributed by atoms with E-state index in [9.17, 15) is 9.47 Å². The van der Waals surface area contributed by atoms with Crippen LogP contribution in [-0.2, 0) is 4.57 Å². The molecule has 0 spiro atoms. The molecule has 0 aliphatic carbocycles. The Bertz CT molecular complexity index is 298. The third-order valence-electron chi connectivity index (χ3n) is 1.20. The SMILES string of the molecule is O=NP(=O)(O)c1ccccc1. The quantitative estimate of drug-likeness (QED) is 0.538. The maximum absolute atomic E-state index is 10.9.